The molecule has 2 aromatic heterocycles. The Balaban J connectivity index is 1.89. The molecule has 1 aliphatic carbocycles. The Labute approximate surface area is 188 Å². The number of aryl methyl sites for hydroxylation is 2. The van der Waals surface area contributed by atoms with Crippen molar-refractivity contribution in [3.63, 3.8) is 0 Å². The van der Waals surface area contributed by atoms with Gasteiger partial charge in [0.25, 0.3) is 5.56 Å². The lowest BCUT2D eigenvalue weighted by Crippen LogP contribution is -2.23. The number of benzene rings is 1. The topological polar surface area (TPSA) is 61.2 Å². The van der Waals surface area contributed by atoms with E-state index in [-0.39, 0.29) is 17.3 Å². The van der Waals surface area contributed by atoms with E-state index in [1.807, 2.05) is 19.1 Å². The first-order chi connectivity index (χ1) is 14.4. The predicted octanol–water partition coefficient (Wildman–Crippen LogP) is 5.19. The summed E-state index contributed by atoms with van der Waals surface area (Å²) in [4.78, 5) is 32.4. The molecule has 30 heavy (non-hydrogen) atoms. The maximum absolute atomic E-state index is 13.7. The molecular formula is C22H23ClN2O3S2. The van der Waals surface area contributed by atoms with E-state index >= 15 is 0 Å². The van der Waals surface area contributed by atoms with E-state index in [1.54, 1.807) is 28.9 Å². The molecule has 0 bridgehead atoms. The molecule has 0 saturated carbocycles. The summed E-state index contributed by atoms with van der Waals surface area (Å²) in [7, 11) is 0. The molecule has 158 valence electrons. The van der Waals surface area contributed by atoms with Gasteiger partial charge in [-0.05, 0) is 62.3 Å². The van der Waals surface area contributed by atoms with Crippen molar-refractivity contribution in [2.24, 2.45) is 5.92 Å². The molecule has 5 nitrogen and oxygen atoms in total. The quantitative estimate of drug-likeness (QED) is 0.296. The highest BCUT2D eigenvalue weighted by molar-refractivity contribution is 7.99. The van der Waals surface area contributed by atoms with Gasteiger partial charge < -0.3 is 4.74 Å². The number of carbonyl (C=O) groups is 1. The summed E-state index contributed by atoms with van der Waals surface area (Å²) in [6.45, 7) is 6.26. The Morgan fingerprint density at radius 2 is 2.23 bits per heavy atom. The average Bonchev–Trinajstić information content (AvgIpc) is 3.06. The smallest absolute Gasteiger partial charge is 0.316 e. The van der Waals surface area contributed by atoms with Gasteiger partial charge in [-0.2, -0.15) is 0 Å². The van der Waals surface area contributed by atoms with Crippen LogP contribution in [0.5, 0.6) is 0 Å². The summed E-state index contributed by atoms with van der Waals surface area (Å²) >= 11 is 9.17. The molecule has 3 aromatic rings. The third-order valence-electron chi connectivity index (χ3n) is 5.34. The third-order valence-corrected chi connectivity index (χ3v) is 7.80. The SMILES string of the molecule is CCOC(=O)CSc1nc2sc3c(c2c(=O)n1-c1ccc(C)c(Cl)c1)CCC(C)C3. The lowest BCUT2D eigenvalue weighted by atomic mass is 9.89. The van der Waals surface area contributed by atoms with Crippen molar-refractivity contribution < 1.29 is 9.53 Å². The summed E-state index contributed by atoms with van der Waals surface area (Å²) in [5, 5.41) is 1.77. The largest absolute Gasteiger partial charge is 0.465 e. The zero-order valence-corrected chi connectivity index (χ0v) is 19.5. The van der Waals surface area contributed by atoms with Crippen molar-refractivity contribution >= 4 is 50.9 Å². The first kappa shape index (κ1) is 21.4. The molecule has 0 radical (unpaired) electrons. The normalized spacial score (nSPS) is 15.9. The van der Waals surface area contributed by atoms with Crippen LogP contribution in [0.3, 0.4) is 0 Å². The van der Waals surface area contributed by atoms with Crippen LogP contribution in [0.15, 0.2) is 28.2 Å². The molecule has 0 saturated heterocycles. The van der Waals surface area contributed by atoms with Crippen LogP contribution in [0.4, 0.5) is 0 Å². The van der Waals surface area contributed by atoms with Crippen LogP contribution in [-0.4, -0.2) is 27.9 Å². The molecular weight excluding hydrogens is 440 g/mol. The Morgan fingerprint density at radius 3 is 2.97 bits per heavy atom. The Morgan fingerprint density at radius 1 is 1.43 bits per heavy atom. The summed E-state index contributed by atoms with van der Waals surface area (Å²) < 4.78 is 6.63. The number of rotatable bonds is 5. The molecule has 0 fully saturated rings. The van der Waals surface area contributed by atoms with E-state index in [4.69, 9.17) is 21.3 Å². The van der Waals surface area contributed by atoms with Gasteiger partial charge in [0, 0.05) is 9.90 Å². The summed E-state index contributed by atoms with van der Waals surface area (Å²) in [5.74, 6) is 0.374. The zero-order valence-electron chi connectivity index (χ0n) is 17.2. The Bertz CT molecular complexity index is 1190. The van der Waals surface area contributed by atoms with Crippen LogP contribution >= 0.6 is 34.7 Å². The number of carbonyl (C=O) groups excluding carboxylic acids is 1. The Kier molecular flexibility index (Phi) is 6.23. The molecule has 0 amide bonds. The second-order valence-corrected chi connectivity index (χ2v) is 10.0. The van der Waals surface area contributed by atoms with Crippen LogP contribution in [0.1, 0.15) is 36.3 Å². The average molecular weight is 463 g/mol. The molecule has 2 heterocycles. The van der Waals surface area contributed by atoms with Crippen LogP contribution in [-0.2, 0) is 22.4 Å². The number of fused-ring (bicyclic) bond motifs is 3. The van der Waals surface area contributed by atoms with Crippen LogP contribution in [0.25, 0.3) is 15.9 Å². The summed E-state index contributed by atoms with van der Waals surface area (Å²) in [6.07, 6.45) is 2.96. The number of esters is 1. The number of hydrogen-bond donors (Lipinski definition) is 0. The van der Waals surface area contributed by atoms with Gasteiger partial charge in [-0.1, -0.05) is 36.4 Å². The number of ether oxygens (including phenoxy) is 1. The van der Waals surface area contributed by atoms with E-state index in [9.17, 15) is 9.59 Å². The van der Waals surface area contributed by atoms with E-state index in [0.29, 0.717) is 33.8 Å². The second kappa shape index (κ2) is 8.73. The van der Waals surface area contributed by atoms with Crippen molar-refractivity contribution in [2.75, 3.05) is 12.4 Å². The van der Waals surface area contributed by atoms with E-state index < -0.39 is 0 Å². The molecule has 0 spiro atoms. The fourth-order valence-corrected chi connectivity index (χ4v) is 6.15. The third kappa shape index (κ3) is 4.03. The second-order valence-electron chi connectivity index (χ2n) is 7.59. The zero-order chi connectivity index (χ0) is 21.4. The van der Waals surface area contributed by atoms with Gasteiger partial charge >= 0.3 is 5.97 Å². The highest BCUT2D eigenvalue weighted by Crippen LogP contribution is 2.37. The van der Waals surface area contributed by atoms with Gasteiger partial charge in [0.15, 0.2) is 5.16 Å². The van der Waals surface area contributed by atoms with Crippen LogP contribution in [0.2, 0.25) is 5.02 Å². The molecule has 1 aliphatic rings. The van der Waals surface area contributed by atoms with Crippen molar-refractivity contribution in [1.82, 2.24) is 9.55 Å². The van der Waals surface area contributed by atoms with Crippen LogP contribution < -0.4 is 5.56 Å². The van der Waals surface area contributed by atoms with Crippen molar-refractivity contribution in [2.45, 2.75) is 45.2 Å². The summed E-state index contributed by atoms with van der Waals surface area (Å²) in [5.41, 5.74) is 2.63. The number of thiophene rings is 1. The van der Waals surface area contributed by atoms with Crippen LogP contribution in [0, 0.1) is 12.8 Å². The fourth-order valence-electron chi connectivity index (χ4n) is 3.74. The first-order valence-corrected chi connectivity index (χ1v) is 12.2. The van der Waals surface area contributed by atoms with Gasteiger partial charge in [0.1, 0.15) is 4.83 Å². The lowest BCUT2D eigenvalue weighted by Gasteiger charge is -2.18. The van der Waals surface area contributed by atoms with Gasteiger partial charge in [-0.25, -0.2) is 4.98 Å². The highest BCUT2D eigenvalue weighted by atomic mass is 35.5. The van der Waals surface area contributed by atoms with Crippen molar-refractivity contribution in [1.29, 1.82) is 0 Å². The minimum absolute atomic E-state index is 0.0908. The number of thioether (sulfide) groups is 1. The minimum Gasteiger partial charge on any atom is -0.465 e. The molecule has 0 N–H and O–H groups in total. The number of halogens is 1. The number of aromatic nitrogens is 2. The van der Waals surface area contributed by atoms with Crippen molar-refractivity contribution in [3.8, 4) is 5.69 Å². The maximum atomic E-state index is 13.7. The minimum atomic E-state index is -0.329. The highest BCUT2D eigenvalue weighted by Gasteiger charge is 2.25. The van der Waals surface area contributed by atoms with E-state index in [2.05, 4.69) is 6.92 Å². The standard InChI is InChI=1S/C22H23ClN2O3S2/c1-4-28-18(26)11-29-22-24-20-19(15-8-5-12(2)9-17(15)30-20)21(27)25(22)14-7-6-13(3)16(23)10-14/h6-7,10,12H,4-5,8-9,11H2,1-3H3. The molecule has 0 aliphatic heterocycles. The van der Waals surface area contributed by atoms with E-state index in [1.165, 1.54) is 16.6 Å². The Hall–Kier alpha value is -1.83. The lowest BCUT2D eigenvalue weighted by molar-refractivity contribution is -0.139. The molecule has 1 aromatic carbocycles. The van der Waals surface area contributed by atoms with Gasteiger partial charge in [0.05, 0.1) is 23.4 Å². The molecule has 1 atom stereocenters. The number of nitrogens with zero attached hydrogens (tertiary/aromatic N) is 2. The monoisotopic (exact) mass is 462 g/mol. The first-order valence-electron chi connectivity index (χ1n) is 10.0. The molecule has 8 heteroatoms. The van der Waals surface area contributed by atoms with E-state index in [0.717, 1.165) is 35.2 Å². The molecule has 4 rings (SSSR count). The predicted molar refractivity (Wildman–Crippen MR) is 124 cm³/mol. The van der Waals surface area contributed by atoms with Gasteiger partial charge in [0.2, 0.25) is 0 Å². The van der Waals surface area contributed by atoms with Gasteiger partial charge in [-0.15, -0.1) is 11.3 Å². The van der Waals surface area contributed by atoms with Gasteiger partial charge in [-0.3, -0.25) is 14.2 Å². The molecule has 1 unspecified atom stereocenters. The fraction of sp³-hybridized carbons (Fsp3) is 0.409. The summed E-state index contributed by atoms with van der Waals surface area (Å²) in [6, 6.07) is 5.53. The van der Waals surface area contributed by atoms with Crippen molar-refractivity contribution in [3.05, 3.63) is 49.6 Å². The maximum Gasteiger partial charge on any atom is 0.316 e. The number of hydrogen-bond acceptors (Lipinski definition) is 6.